The maximum Gasteiger partial charge on any atom is 0.226 e. The Bertz CT molecular complexity index is 1020. The SMILES string of the molecule is COCCCC[C@](O)(c1cccc(Cl)c1-c1cccnc1)C1CN(C(=O)[C@H]2C[C@@H](N)[C@@H](O)C2)CCO1. The molecule has 1 saturated heterocycles. The van der Waals surface area contributed by atoms with Crippen LogP contribution in [0.2, 0.25) is 5.02 Å². The third-order valence-corrected chi connectivity index (χ3v) is 7.74. The second kappa shape index (κ2) is 12.0. The molecule has 1 aliphatic carbocycles. The third-order valence-electron chi connectivity index (χ3n) is 7.42. The number of nitrogens with two attached hydrogens (primary N) is 1. The fraction of sp³-hybridized carbons (Fsp3) is 0.556. The molecule has 5 atom stereocenters. The molecule has 1 unspecified atom stereocenters. The summed E-state index contributed by atoms with van der Waals surface area (Å²) in [5, 5.41) is 22.9. The van der Waals surface area contributed by atoms with Crippen molar-refractivity contribution < 1.29 is 24.5 Å². The first-order valence-electron chi connectivity index (χ1n) is 12.6. The van der Waals surface area contributed by atoms with Crippen molar-refractivity contribution in [2.45, 2.75) is 56.0 Å². The van der Waals surface area contributed by atoms with Gasteiger partial charge in [0.25, 0.3) is 0 Å². The second-order valence-electron chi connectivity index (χ2n) is 9.82. The number of rotatable bonds is 9. The van der Waals surface area contributed by atoms with Gasteiger partial charge < -0.3 is 30.3 Å². The highest BCUT2D eigenvalue weighted by Crippen LogP contribution is 2.43. The average Bonchev–Trinajstić information content (AvgIpc) is 3.24. The number of morpholine rings is 1. The van der Waals surface area contributed by atoms with Gasteiger partial charge in [0.2, 0.25) is 5.91 Å². The Morgan fingerprint density at radius 2 is 2.14 bits per heavy atom. The van der Waals surface area contributed by atoms with Crippen LogP contribution in [-0.4, -0.2) is 77.7 Å². The zero-order valence-corrected chi connectivity index (χ0v) is 21.4. The number of methoxy groups -OCH3 is 1. The molecule has 1 aliphatic heterocycles. The van der Waals surface area contributed by atoms with E-state index >= 15 is 0 Å². The standard InChI is InChI=1S/C27H36ClN3O5/c1-35-12-3-2-9-27(34,20-7-4-8-21(28)25(20)18-6-5-10-30-16-18)24-17-31(11-13-36-24)26(33)19-14-22(29)23(32)15-19/h4-8,10,16,19,22-24,32,34H,2-3,9,11-15,17,29H2,1H3/t19-,22+,23-,24?,27-/m0/s1. The van der Waals surface area contributed by atoms with Gasteiger partial charge in [-0.1, -0.05) is 29.8 Å². The van der Waals surface area contributed by atoms with Crippen molar-refractivity contribution in [2.24, 2.45) is 11.7 Å². The van der Waals surface area contributed by atoms with E-state index in [0.29, 0.717) is 61.6 Å². The van der Waals surface area contributed by atoms with Crippen molar-refractivity contribution in [3.8, 4) is 11.1 Å². The van der Waals surface area contributed by atoms with Gasteiger partial charge in [-0.05, 0) is 49.8 Å². The molecule has 36 heavy (non-hydrogen) atoms. The molecule has 1 amide bonds. The highest BCUT2D eigenvalue weighted by Gasteiger charge is 2.45. The fourth-order valence-corrected chi connectivity index (χ4v) is 5.73. The van der Waals surface area contributed by atoms with Gasteiger partial charge in [0, 0.05) is 60.8 Å². The molecular weight excluding hydrogens is 482 g/mol. The number of halogens is 1. The van der Waals surface area contributed by atoms with E-state index in [0.717, 1.165) is 12.0 Å². The van der Waals surface area contributed by atoms with Crippen LogP contribution in [0.5, 0.6) is 0 Å². The third kappa shape index (κ3) is 5.74. The number of hydrogen-bond donors (Lipinski definition) is 3. The highest BCUT2D eigenvalue weighted by atomic mass is 35.5. The smallest absolute Gasteiger partial charge is 0.226 e. The summed E-state index contributed by atoms with van der Waals surface area (Å²) in [7, 11) is 1.66. The number of carbonyl (C=O) groups excluding carboxylic acids is 1. The van der Waals surface area contributed by atoms with E-state index in [-0.39, 0.29) is 24.4 Å². The molecule has 8 nitrogen and oxygen atoms in total. The van der Waals surface area contributed by atoms with Crippen molar-refractivity contribution >= 4 is 17.5 Å². The zero-order valence-electron chi connectivity index (χ0n) is 20.7. The van der Waals surface area contributed by atoms with E-state index in [4.69, 9.17) is 26.8 Å². The van der Waals surface area contributed by atoms with Gasteiger partial charge in [0.05, 0.1) is 19.3 Å². The first-order valence-corrected chi connectivity index (χ1v) is 13.0. The van der Waals surface area contributed by atoms with Crippen LogP contribution in [0.3, 0.4) is 0 Å². The molecule has 196 valence electrons. The van der Waals surface area contributed by atoms with E-state index in [1.165, 1.54) is 0 Å². The summed E-state index contributed by atoms with van der Waals surface area (Å²) in [6, 6.07) is 8.85. The summed E-state index contributed by atoms with van der Waals surface area (Å²) in [4.78, 5) is 19.3. The Balaban J connectivity index is 1.66. The number of unbranched alkanes of at least 4 members (excludes halogenated alkanes) is 1. The summed E-state index contributed by atoms with van der Waals surface area (Å²) in [6.07, 6.45) is 4.79. The number of aromatic nitrogens is 1. The highest BCUT2D eigenvalue weighted by molar-refractivity contribution is 6.33. The number of pyridine rings is 1. The van der Waals surface area contributed by atoms with Crippen molar-refractivity contribution in [1.82, 2.24) is 9.88 Å². The van der Waals surface area contributed by atoms with E-state index in [1.54, 1.807) is 30.5 Å². The van der Waals surface area contributed by atoms with Crippen molar-refractivity contribution in [3.63, 3.8) is 0 Å². The van der Waals surface area contributed by atoms with Gasteiger partial charge in [-0.3, -0.25) is 9.78 Å². The van der Waals surface area contributed by atoms with E-state index in [9.17, 15) is 15.0 Å². The molecule has 2 heterocycles. The molecule has 0 radical (unpaired) electrons. The lowest BCUT2D eigenvalue weighted by Gasteiger charge is -2.44. The van der Waals surface area contributed by atoms with Crippen LogP contribution >= 0.6 is 11.6 Å². The van der Waals surface area contributed by atoms with Crippen LogP contribution < -0.4 is 5.73 Å². The molecule has 4 rings (SSSR count). The minimum atomic E-state index is -1.41. The largest absolute Gasteiger partial charge is 0.391 e. The van der Waals surface area contributed by atoms with Crippen LogP contribution in [-0.2, 0) is 19.9 Å². The lowest BCUT2D eigenvalue weighted by molar-refractivity contribution is -0.167. The lowest BCUT2D eigenvalue weighted by atomic mass is 9.79. The Morgan fingerprint density at radius 1 is 1.31 bits per heavy atom. The second-order valence-corrected chi connectivity index (χ2v) is 10.2. The molecule has 2 aromatic rings. The molecule has 1 saturated carbocycles. The number of aliphatic hydroxyl groups is 2. The first-order chi connectivity index (χ1) is 17.3. The van der Waals surface area contributed by atoms with Crippen LogP contribution in [0.1, 0.15) is 37.7 Å². The van der Waals surface area contributed by atoms with Gasteiger partial charge >= 0.3 is 0 Å². The van der Waals surface area contributed by atoms with E-state index < -0.39 is 17.8 Å². The topological polar surface area (TPSA) is 118 Å². The number of amides is 1. The summed E-state index contributed by atoms with van der Waals surface area (Å²) in [6.45, 7) is 1.56. The number of hydrogen-bond acceptors (Lipinski definition) is 7. The predicted octanol–water partition coefficient (Wildman–Crippen LogP) is 2.73. The molecule has 1 aromatic heterocycles. The molecule has 4 N–H and O–H groups in total. The Morgan fingerprint density at radius 3 is 2.83 bits per heavy atom. The van der Waals surface area contributed by atoms with Crippen molar-refractivity contribution in [1.29, 1.82) is 0 Å². The van der Waals surface area contributed by atoms with Crippen LogP contribution in [0, 0.1) is 5.92 Å². The van der Waals surface area contributed by atoms with Crippen molar-refractivity contribution in [3.05, 3.63) is 53.3 Å². The van der Waals surface area contributed by atoms with Gasteiger partial charge in [-0.25, -0.2) is 0 Å². The molecule has 9 heteroatoms. The van der Waals surface area contributed by atoms with Gasteiger partial charge in [-0.15, -0.1) is 0 Å². The van der Waals surface area contributed by atoms with E-state index in [1.807, 2.05) is 24.3 Å². The maximum atomic E-state index is 13.3. The predicted molar refractivity (Wildman–Crippen MR) is 137 cm³/mol. The number of benzene rings is 1. The first kappa shape index (κ1) is 27.0. The number of nitrogens with zero attached hydrogens (tertiary/aromatic N) is 2. The minimum Gasteiger partial charge on any atom is -0.391 e. The van der Waals surface area contributed by atoms with Crippen molar-refractivity contribution in [2.75, 3.05) is 33.4 Å². The van der Waals surface area contributed by atoms with Crippen LogP contribution in [0.25, 0.3) is 11.1 Å². The Labute approximate surface area is 217 Å². The number of ether oxygens (including phenoxy) is 2. The fourth-order valence-electron chi connectivity index (χ4n) is 5.45. The Hall–Kier alpha value is -2.07. The van der Waals surface area contributed by atoms with Crippen LogP contribution in [0.15, 0.2) is 42.7 Å². The lowest BCUT2D eigenvalue weighted by Crippen LogP contribution is -2.55. The summed E-state index contributed by atoms with van der Waals surface area (Å²) >= 11 is 6.69. The zero-order chi connectivity index (χ0) is 25.7. The molecule has 1 aromatic carbocycles. The summed E-state index contributed by atoms with van der Waals surface area (Å²) in [5.41, 5.74) is 6.71. The van der Waals surface area contributed by atoms with Gasteiger partial charge in [0.1, 0.15) is 11.7 Å². The number of carbonyl (C=O) groups is 1. The maximum absolute atomic E-state index is 13.3. The average molecular weight is 518 g/mol. The molecular formula is C27H36ClN3O5. The molecule has 2 aliphatic rings. The minimum absolute atomic E-state index is 0.0457. The van der Waals surface area contributed by atoms with E-state index in [2.05, 4.69) is 4.98 Å². The van der Waals surface area contributed by atoms with Gasteiger partial charge in [-0.2, -0.15) is 0 Å². The molecule has 0 bridgehead atoms. The summed E-state index contributed by atoms with van der Waals surface area (Å²) < 4.78 is 11.4. The number of aliphatic hydroxyl groups excluding tert-OH is 1. The molecule has 2 fully saturated rings. The summed E-state index contributed by atoms with van der Waals surface area (Å²) in [5.74, 6) is -0.365. The molecule has 0 spiro atoms. The quantitative estimate of drug-likeness (QED) is 0.438. The normalized spacial score (nSPS) is 26.1. The monoisotopic (exact) mass is 517 g/mol. The van der Waals surface area contributed by atoms with Gasteiger partial charge in [0.15, 0.2) is 0 Å². The Kier molecular flexibility index (Phi) is 8.98. The van der Waals surface area contributed by atoms with Crippen LogP contribution in [0.4, 0.5) is 0 Å².